The molecule has 0 bridgehead atoms. The van der Waals surface area contributed by atoms with Crippen molar-refractivity contribution in [1.29, 1.82) is 0 Å². The standard InChI is InChI=1S/C21H23N5O/c1-14-5-3-6-16(11-14)19-20(23-9-8-22-19)17-7-4-10-26(13-17)21(27)18-12-24-25-15(18)2/h3,5-6,8-9,11-12,17H,4,7,10,13H2,1-2H3,(H,24,25)/t17-/m0/s1. The quantitative estimate of drug-likeness (QED) is 0.775. The molecule has 1 amide bonds. The first-order valence-electron chi connectivity index (χ1n) is 9.30. The monoisotopic (exact) mass is 361 g/mol. The van der Waals surface area contributed by atoms with Gasteiger partial charge in [-0.1, -0.05) is 23.8 Å². The Morgan fingerprint density at radius 1 is 1.22 bits per heavy atom. The Labute approximate surface area is 158 Å². The van der Waals surface area contributed by atoms with Gasteiger partial charge < -0.3 is 4.90 Å². The predicted octanol–water partition coefficient (Wildman–Crippen LogP) is 3.50. The number of nitrogens with one attached hydrogen (secondary N) is 1. The highest BCUT2D eigenvalue weighted by Gasteiger charge is 2.29. The Morgan fingerprint density at radius 3 is 2.85 bits per heavy atom. The van der Waals surface area contributed by atoms with Crippen LogP contribution in [0.5, 0.6) is 0 Å². The SMILES string of the molecule is Cc1cccc(-c2nccnc2[C@H]2CCCN(C(=O)c3cn[nH]c3C)C2)c1. The third-order valence-electron chi connectivity index (χ3n) is 5.17. The Morgan fingerprint density at radius 2 is 2.07 bits per heavy atom. The first-order chi connectivity index (χ1) is 13.1. The normalized spacial score (nSPS) is 17.1. The molecule has 0 aliphatic carbocycles. The Hall–Kier alpha value is -3.02. The smallest absolute Gasteiger partial charge is 0.257 e. The average Bonchev–Trinajstić information content (AvgIpc) is 3.13. The second kappa shape index (κ2) is 7.31. The number of hydrogen-bond acceptors (Lipinski definition) is 4. The van der Waals surface area contributed by atoms with Crippen LogP contribution in [0.15, 0.2) is 42.9 Å². The number of rotatable bonds is 3. The van der Waals surface area contributed by atoms with E-state index in [1.807, 2.05) is 17.9 Å². The number of carbonyl (C=O) groups is 1. The molecule has 0 saturated carbocycles. The van der Waals surface area contributed by atoms with Crippen LogP contribution in [0.1, 0.15) is 46.1 Å². The Balaban J connectivity index is 1.63. The van der Waals surface area contributed by atoms with E-state index in [0.29, 0.717) is 12.1 Å². The maximum absolute atomic E-state index is 12.9. The highest BCUT2D eigenvalue weighted by atomic mass is 16.2. The van der Waals surface area contributed by atoms with Crippen LogP contribution in [-0.4, -0.2) is 44.1 Å². The lowest BCUT2D eigenvalue weighted by atomic mass is 9.91. The van der Waals surface area contributed by atoms with E-state index in [1.54, 1.807) is 18.6 Å². The molecule has 1 fully saturated rings. The Kier molecular flexibility index (Phi) is 4.71. The van der Waals surface area contributed by atoms with Crippen LogP contribution in [0.2, 0.25) is 0 Å². The van der Waals surface area contributed by atoms with Crippen molar-refractivity contribution in [3.05, 3.63) is 65.4 Å². The van der Waals surface area contributed by atoms with Crippen molar-refractivity contribution in [2.75, 3.05) is 13.1 Å². The molecule has 1 aliphatic heterocycles. The fraction of sp³-hybridized carbons (Fsp3) is 0.333. The molecule has 1 aromatic carbocycles. The fourth-order valence-corrected chi connectivity index (χ4v) is 3.78. The summed E-state index contributed by atoms with van der Waals surface area (Å²) in [5.74, 6) is 0.214. The molecular weight excluding hydrogens is 338 g/mol. The number of benzene rings is 1. The lowest BCUT2D eigenvalue weighted by Gasteiger charge is -2.33. The molecule has 3 heterocycles. The fourth-order valence-electron chi connectivity index (χ4n) is 3.78. The Bertz CT molecular complexity index is 964. The predicted molar refractivity (Wildman–Crippen MR) is 103 cm³/mol. The maximum atomic E-state index is 12.9. The molecule has 138 valence electrons. The summed E-state index contributed by atoms with van der Waals surface area (Å²) < 4.78 is 0. The van der Waals surface area contributed by atoms with Crippen molar-refractivity contribution in [3.63, 3.8) is 0 Å². The molecule has 2 aromatic heterocycles. The molecular formula is C21H23N5O. The van der Waals surface area contributed by atoms with Gasteiger partial charge in [-0.25, -0.2) is 0 Å². The number of amides is 1. The highest BCUT2D eigenvalue weighted by Crippen LogP contribution is 2.32. The minimum absolute atomic E-state index is 0.0342. The number of nitrogens with zero attached hydrogens (tertiary/aromatic N) is 4. The molecule has 6 nitrogen and oxygen atoms in total. The van der Waals surface area contributed by atoms with Gasteiger partial charge in [0.1, 0.15) is 0 Å². The van der Waals surface area contributed by atoms with Crippen LogP contribution in [0, 0.1) is 13.8 Å². The summed E-state index contributed by atoms with van der Waals surface area (Å²) >= 11 is 0. The lowest BCUT2D eigenvalue weighted by Crippen LogP contribution is -2.39. The van der Waals surface area contributed by atoms with Gasteiger partial charge in [0.15, 0.2) is 0 Å². The minimum Gasteiger partial charge on any atom is -0.338 e. The van der Waals surface area contributed by atoms with Gasteiger partial charge in [0.25, 0.3) is 5.91 Å². The third kappa shape index (κ3) is 3.47. The van der Waals surface area contributed by atoms with Crippen molar-refractivity contribution >= 4 is 5.91 Å². The van der Waals surface area contributed by atoms with E-state index in [9.17, 15) is 4.79 Å². The summed E-state index contributed by atoms with van der Waals surface area (Å²) in [6.45, 7) is 5.37. The van der Waals surface area contributed by atoms with E-state index in [2.05, 4.69) is 45.3 Å². The molecule has 4 rings (SSSR count). The van der Waals surface area contributed by atoms with Crippen LogP contribution < -0.4 is 0 Å². The van der Waals surface area contributed by atoms with Crippen molar-refractivity contribution in [2.45, 2.75) is 32.6 Å². The molecule has 3 aromatic rings. The molecule has 0 unspecified atom stereocenters. The molecule has 1 aliphatic rings. The average molecular weight is 361 g/mol. The van der Waals surface area contributed by atoms with Gasteiger partial charge in [-0.05, 0) is 32.8 Å². The van der Waals surface area contributed by atoms with Crippen molar-refractivity contribution in [3.8, 4) is 11.3 Å². The molecule has 1 atom stereocenters. The number of hydrogen-bond donors (Lipinski definition) is 1. The van der Waals surface area contributed by atoms with Gasteiger partial charge in [0.05, 0.1) is 23.1 Å². The number of aromatic nitrogens is 4. The zero-order chi connectivity index (χ0) is 18.8. The zero-order valence-electron chi connectivity index (χ0n) is 15.6. The number of H-pyrrole nitrogens is 1. The van der Waals surface area contributed by atoms with Gasteiger partial charge in [0.2, 0.25) is 0 Å². The number of aryl methyl sites for hydroxylation is 2. The zero-order valence-corrected chi connectivity index (χ0v) is 15.6. The van der Waals surface area contributed by atoms with Crippen molar-refractivity contribution < 1.29 is 4.79 Å². The molecule has 27 heavy (non-hydrogen) atoms. The number of aromatic amines is 1. The summed E-state index contributed by atoms with van der Waals surface area (Å²) in [7, 11) is 0. The summed E-state index contributed by atoms with van der Waals surface area (Å²) in [6, 6.07) is 8.32. The van der Waals surface area contributed by atoms with E-state index < -0.39 is 0 Å². The number of likely N-dealkylation sites (tertiary alicyclic amines) is 1. The van der Waals surface area contributed by atoms with Gasteiger partial charge in [-0.15, -0.1) is 0 Å². The second-order valence-corrected chi connectivity index (χ2v) is 7.16. The first kappa shape index (κ1) is 17.4. The number of piperidine rings is 1. The molecule has 0 radical (unpaired) electrons. The first-order valence-corrected chi connectivity index (χ1v) is 9.30. The lowest BCUT2D eigenvalue weighted by molar-refractivity contribution is 0.0705. The molecule has 1 saturated heterocycles. The topological polar surface area (TPSA) is 74.8 Å². The summed E-state index contributed by atoms with van der Waals surface area (Å²) in [5, 5.41) is 6.83. The highest BCUT2D eigenvalue weighted by molar-refractivity contribution is 5.95. The largest absolute Gasteiger partial charge is 0.338 e. The maximum Gasteiger partial charge on any atom is 0.257 e. The summed E-state index contributed by atoms with van der Waals surface area (Å²) in [4.78, 5) is 24.1. The van der Waals surface area contributed by atoms with Gasteiger partial charge in [0, 0.05) is 42.7 Å². The number of carbonyl (C=O) groups excluding carboxylic acids is 1. The van der Waals surface area contributed by atoms with Crippen LogP contribution in [0.4, 0.5) is 0 Å². The van der Waals surface area contributed by atoms with Gasteiger partial charge >= 0.3 is 0 Å². The second-order valence-electron chi connectivity index (χ2n) is 7.16. The van der Waals surface area contributed by atoms with E-state index in [1.165, 1.54) is 5.56 Å². The molecule has 6 heteroatoms. The third-order valence-corrected chi connectivity index (χ3v) is 5.17. The summed E-state index contributed by atoms with van der Waals surface area (Å²) in [6.07, 6.45) is 7.06. The van der Waals surface area contributed by atoms with E-state index in [-0.39, 0.29) is 11.8 Å². The molecule has 0 spiro atoms. The van der Waals surface area contributed by atoms with E-state index >= 15 is 0 Å². The summed E-state index contributed by atoms with van der Waals surface area (Å²) in [5.41, 5.74) is 5.62. The minimum atomic E-state index is 0.0342. The van der Waals surface area contributed by atoms with Crippen LogP contribution in [-0.2, 0) is 0 Å². The van der Waals surface area contributed by atoms with E-state index in [4.69, 9.17) is 0 Å². The van der Waals surface area contributed by atoms with Crippen molar-refractivity contribution in [2.24, 2.45) is 0 Å². The molecule has 1 N–H and O–H groups in total. The van der Waals surface area contributed by atoms with Gasteiger partial charge in [-0.2, -0.15) is 5.10 Å². The van der Waals surface area contributed by atoms with Crippen LogP contribution >= 0.6 is 0 Å². The van der Waals surface area contributed by atoms with Gasteiger partial charge in [-0.3, -0.25) is 19.9 Å². The van der Waals surface area contributed by atoms with Crippen LogP contribution in [0.3, 0.4) is 0 Å². The van der Waals surface area contributed by atoms with E-state index in [0.717, 1.165) is 42.0 Å². The van der Waals surface area contributed by atoms with Crippen LogP contribution in [0.25, 0.3) is 11.3 Å². The van der Waals surface area contributed by atoms with Crippen molar-refractivity contribution in [1.82, 2.24) is 25.1 Å².